The number of hydrogen-bond donors (Lipinski definition) is 2. The molecule has 0 bridgehead atoms. The van der Waals surface area contributed by atoms with Gasteiger partial charge in [0.25, 0.3) is 0 Å². The van der Waals surface area contributed by atoms with Crippen molar-refractivity contribution in [2.45, 2.75) is 43.8 Å². The molecule has 5 heteroatoms. The molecular weight excluding hydrogens is 222 g/mol. The first-order chi connectivity index (χ1) is 8.10. The molecule has 2 rings (SSSR count). The standard InChI is InChI=1S/C12H21NO4/c14-10-2-8-17-12(9-10)3-6-13(7-4-12)5-1-11(15)16/h10,14H,1-9H2,(H,15,16). The van der Waals surface area contributed by atoms with E-state index in [1.54, 1.807) is 0 Å². The van der Waals surface area contributed by atoms with Gasteiger partial charge in [0.1, 0.15) is 0 Å². The number of hydrogen-bond acceptors (Lipinski definition) is 4. The Morgan fingerprint density at radius 2 is 2.12 bits per heavy atom. The van der Waals surface area contributed by atoms with Crippen LogP contribution in [0.1, 0.15) is 32.1 Å². The number of ether oxygens (including phenoxy) is 1. The van der Waals surface area contributed by atoms with E-state index in [1.165, 1.54) is 0 Å². The van der Waals surface area contributed by atoms with Crippen molar-refractivity contribution in [2.24, 2.45) is 0 Å². The van der Waals surface area contributed by atoms with Crippen LogP contribution >= 0.6 is 0 Å². The maximum atomic E-state index is 10.5. The van der Waals surface area contributed by atoms with Crippen molar-refractivity contribution in [2.75, 3.05) is 26.2 Å². The molecule has 98 valence electrons. The van der Waals surface area contributed by atoms with Crippen molar-refractivity contribution in [3.05, 3.63) is 0 Å². The molecule has 0 saturated carbocycles. The second kappa shape index (κ2) is 5.33. The van der Waals surface area contributed by atoms with Crippen LogP contribution in [0.2, 0.25) is 0 Å². The second-order valence-corrected chi connectivity index (χ2v) is 5.16. The Balaban J connectivity index is 1.78. The first kappa shape index (κ1) is 12.8. The average Bonchev–Trinajstić information content (AvgIpc) is 2.28. The van der Waals surface area contributed by atoms with Gasteiger partial charge >= 0.3 is 5.97 Å². The lowest BCUT2D eigenvalue weighted by atomic mass is 9.83. The molecule has 2 aliphatic heterocycles. The quantitative estimate of drug-likeness (QED) is 0.754. The van der Waals surface area contributed by atoms with E-state index in [2.05, 4.69) is 4.90 Å². The fourth-order valence-electron chi connectivity index (χ4n) is 2.79. The molecule has 2 N–H and O–H groups in total. The number of aliphatic carboxylic acids is 1. The first-order valence-corrected chi connectivity index (χ1v) is 6.36. The van der Waals surface area contributed by atoms with Gasteiger partial charge in [-0.3, -0.25) is 4.79 Å². The molecule has 0 aliphatic carbocycles. The lowest BCUT2D eigenvalue weighted by molar-refractivity contribution is -0.144. The highest BCUT2D eigenvalue weighted by Crippen LogP contribution is 2.34. The van der Waals surface area contributed by atoms with Crippen molar-refractivity contribution in [3.63, 3.8) is 0 Å². The second-order valence-electron chi connectivity index (χ2n) is 5.16. The minimum absolute atomic E-state index is 0.141. The minimum atomic E-state index is -0.741. The van der Waals surface area contributed by atoms with E-state index in [-0.39, 0.29) is 18.1 Å². The third-order valence-corrected chi connectivity index (χ3v) is 3.88. The molecule has 0 aromatic heterocycles. The fourth-order valence-corrected chi connectivity index (χ4v) is 2.79. The van der Waals surface area contributed by atoms with E-state index >= 15 is 0 Å². The largest absolute Gasteiger partial charge is 0.481 e. The average molecular weight is 243 g/mol. The summed E-state index contributed by atoms with van der Waals surface area (Å²) in [6, 6.07) is 0. The Kier molecular flexibility index (Phi) is 4.01. The molecule has 2 saturated heterocycles. The zero-order valence-electron chi connectivity index (χ0n) is 10.1. The van der Waals surface area contributed by atoms with Gasteiger partial charge in [0, 0.05) is 32.7 Å². The van der Waals surface area contributed by atoms with Crippen LogP contribution in [-0.4, -0.2) is 59.0 Å². The molecular formula is C12H21NO4. The molecule has 5 nitrogen and oxygen atoms in total. The zero-order valence-corrected chi connectivity index (χ0v) is 10.1. The number of nitrogens with zero attached hydrogens (tertiary/aromatic N) is 1. The third kappa shape index (κ3) is 3.40. The molecule has 0 amide bonds. The van der Waals surface area contributed by atoms with Crippen molar-refractivity contribution in [1.82, 2.24) is 4.90 Å². The van der Waals surface area contributed by atoms with Crippen LogP contribution in [-0.2, 0) is 9.53 Å². The predicted octanol–water partition coefficient (Wildman–Crippen LogP) is 0.467. The van der Waals surface area contributed by atoms with Gasteiger partial charge in [0.2, 0.25) is 0 Å². The SMILES string of the molecule is O=C(O)CCN1CCC2(CC1)CC(O)CCO2. The van der Waals surface area contributed by atoms with Gasteiger partial charge in [0.05, 0.1) is 18.1 Å². The Hall–Kier alpha value is -0.650. The number of aliphatic hydroxyl groups excluding tert-OH is 1. The Morgan fingerprint density at radius 1 is 1.41 bits per heavy atom. The molecule has 2 heterocycles. The highest BCUT2D eigenvalue weighted by Gasteiger charge is 2.39. The highest BCUT2D eigenvalue weighted by atomic mass is 16.5. The van der Waals surface area contributed by atoms with E-state index in [4.69, 9.17) is 9.84 Å². The van der Waals surface area contributed by atoms with Crippen LogP contribution in [0.25, 0.3) is 0 Å². The van der Waals surface area contributed by atoms with Gasteiger partial charge in [-0.25, -0.2) is 0 Å². The van der Waals surface area contributed by atoms with Crippen LogP contribution in [0.15, 0.2) is 0 Å². The minimum Gasteiger partial charge on any atom is -0.481 e. The summed E-state index contributed by atoms with van der Waals surface area (Å²) in [7, 11) is 0. The summed E-state index contributed by atoms with van der Waals surface area (Å²) in [5.41, 5.74) is -0.141. The molecule has 2 aliphatic rings. The summed E-state index contributed by atoms with van der Waals surface area (Å²) in [6.07, 6.45) is 3.27. The number of rotatable bonds is 3. The predicted molar refractivity (Wildman–Crippen MR) is 61.9 cm³/mol. The topological polar surface area (TPSA) is 70.0 Å². The summed E-state index contributed by atoms with van der Waals surface area (Å²) in [4.78, 5) is 12.7. The Bertz CT molecular complexity index is 274. The normalized spacial score (nSPS) is 29.4. The van der Waals surface area contributed by atoms with E-state index in [0.717, 1.165) is 38.8 Å². The first-order valence-electron chi connectivity index (χ1n) is 6.36. The van der Waals surface area contributed by atoms with Crippen molar-refractivity contribution < 1.29 is 19.7 Å². The van der Waals surface area contributed by atoms with Gasteiger partial charge in [0.15, 0.2) is 0 Å². The van der Waals surface area contributed by atoms with Gasteiger partial charge in [-0.1, -0.05) is 0 Å². The molecule has 0 radical (unpaired) electrons. The maximum absolute atomic E-state index is 10.5. The summed E-state index contributed by atoms with van der Waals surface area (Å²) in [5, 5.41) is 18.3. The van der Waals surface area contributed by atoms with Crippen LogP contribution in [0.4, 0.5) is 0 Å². The summed E-state index contributed by atoms with van der Waals surface area (Å²) >= 11 is 0. The number of piperidine rings is 1. The molecule has 0 aromatic rings. The molecule has 1 unspecified atom stereocenters. The lowest BCUT2D eigenvalue weighted by Crippen LogP contribution is -2.50. The van der Waals surface area contributed by atoms with Crippen LogP contribution < -0.4 is 0 Å². The van der Waals surface area contributed by atoms with Crippen molar-refractivity contribution >= 4 is 5.97 Å². The molecule has 17 heavy (non-hydrogen) atoms. The number of carboxylic acids is 1. The van der Waals surface area contributed by atoms with Crippen LogP contribution in [0.5, 0.6) is 0 Å². The van der Waals surface area contributed by atoms with Gasteiger partial charge in [-0.15, -0.1) is 0 Å². The summed E-state index contributed by atoms with van der Waals surface area (Å²) in [5.74, 6) is -0.741. The van der Waals surface area contributed by atoms with Gasteiger partial charge in [-0.05, 0) is 19.3 Å². The fraction of sp³-hybridized carbons (Fsp3) is 0.917. The lowest BCUT2D eigenvalue weighted by Gasteiger charge is -2.45. The number of likely N-dealkylation sites (tertiary alicyclic amines) is 1. The Labute approximate surface area is 101 Å². The van der Waals surface area contributed by atoms with E-state index in [1.807, 2.05) is 0 Å². The van der Waals surface area contributed by atoms with E-state index < -0.39 is 5.97 Å². The van der Waals surface area contributed by atoms with E-state index in [9.17, 15) is 9.90 Å². The molecule has 1 atom stereocenters. The molecule has 1 spiro atoms. The van der Waals surface area contributed by atoms with Gasteiger partial charge < -0.3 is 19.8 Å². The highest BCUT2D eigenvalue weighted by molar-refractivity contribution is 5.66. The van der Waals surface area contributed by atoms with Crippen LogP contribution in [0.3, 0.4) is 0 Å². The van der Waals surface area contributed by atoms with E-state index in [0.29, 0.717) is 13.2 Å². The third-order valence-electron chi connectivity index (χ3n) is 3.88. The van der Waals surface area contributed by atoms with Crippen molar-refractivity contribution in [3.8, 4) is 0 Å². The number of carboxylic acid groups (broad SMARTS) is 1. The molecule has 2 fully saturated rings. The van der Waals surface area contributed by atoms with Gasteiger partial charge in [-0.2, -0.15) is 0 Å². The van der Waals surface area contributed by atoms with Crippen molar-refractivity contribution in [1.29, 1.82) is 0 Å². The summed E-state index contributed by atoms with van der Waals surface area (Å²) < 4.78 is 5.85. The van der Waals surface area contributed by atoms with Crippen LogP contribution in [0, 0.1) is 0 Å². The zero-order chi connectivity index (χ0) is 12.3. The number of aliphatic hydroxyl groups is 1. The number of carbonyl (C=O) groups is 1. The Morgan fingerprint density at radius 3 is 2.71 bits per heavy atom. The monoisotopic (exact) mass is 243 g/mol. The smallest absolute Gasteiger partial charge is 0.304 e. The molecule has 0 aromatic carbocycles. The summed E-state index contributed by atoms with van der Waals surface area (Å²) in [6.45, 7) is 3.02. The maximum Gasteiger partial charge on any atom is 0.304 e.